The minimum absolute atomic E-state index is 0.109. The summed E-state index contributed by atoms with van der Waals surface area (Å²) in [6.07, 6.45) is 4.71. The lowest BCUT2D eigenvalue weighted by atomic mass is 10.1. The zero-order chi connectivity index (χ0) is 20.8. The van der Waals surface area contributed by atoms with Crippen LogP contribution in [0.25, 0.3) is 0 Å². The van der Waals surface area contributed by atoms with Gasteiger partial charge in [-0.25, -0.2) is 4.39 Å². The molecule has 0 spiro atoms. The number of halogens is 1. The first-order valence-electron chi connectivity index (χ1n) is 10.5. The fraction of sp³-hybridized carbons (Fsp3) is 0.435. The predicted molar refractivity (Wildman–Crippen MR) is 125 cm³/mol. The van der Waals surface area contributed by atoms with E-state index in [4.69, 9.17) is 4.74 Å². The molecule has 0 saturated carbocycles. The summed E-state index contributed by atoms with van der Waals surface area (Å²) in [7, 11) is 0. The third-order valence-corrected chi connectivity index (χ3v) is 8.29. The molecule has 4 rings (SSSR count). The van der Waals surface area contributed by atoms with E-state index < -0.39 is 0 Å². The van der Waals surface area contributed by atoms with Gasteiger partial charge in [-0.3, -0.25) is 4.79 Å². The van der Waals surface area contributed by atoms with Gasteiger partial charge in [-0.15, -0.1) is 23.5 Å². The van der Waals surface area contributed by atoms with Crippen molar-refractivity contribution in [3.8, 4) is 5.75 Å². The van der Waals surface area contributed by atoms with Gasteiger partial charge in [0, 0.05) is 13.1 Å². The van der Waals surface area contributed by atoms with Crippen molar-refractivity contribution >= 4 is 40.8 Å². The number of piperidine rings is 1. The number of amides is 1. The fourth-order valence-electron chi connectivity index (χ4n) is 3.76. The lowest BCUT2D eigenvalue weighted by molar-refractivity contribution is -0.118. The van der Waals surface area contributed by atoms with Gasteiger partial charge in [-0.05, 0) is 73.1 Å². The Morgan fingerprint density at radius 3 is 2.50 bits per heavy atom. The maximum absolute atomic E-state index is 13.8. The van der Waals surface area contributed by atoms with E-state index in [0.717, 1.165) is 31.6 Å². The Morgan fingerprint density at radius 1 is 1.03 bits per heavy atom. The van der Waals surface area contributed by atoms with Crippen LogP contribution in [0.1, 0.15) is 35.8 Å². The largest absolute Gasteiger partial charge is 0.484 e. The molecule has 0 radical (unpaired) electrons. The summed E-state index contributed by atoms with van der Waals surface area (Å²) in [5.74, 6) is 2.42. The molecule has 7 heteroatoms. The zero-order valence-electron chi connectivity index (χ0n) is 16.9. The molecule has 2 fully saturated rings. The number of rotatable bonds is 6. The van der Waals surface area contributed by atoms with Crippen LogP contribution in [-0.4, -0.2) is 37.1 Å². The van der Waals surface area contributed by atoms with Crippen LogP contribution in [-0.2, 0) is 4.79 Å². The Labute approximate surface area is 185 Å². The van der Waals surface area contributed by atoms with Crippen molar-refractivity contribution in [2.75, 3.05) is 41.4 Å². The van der Waals surface area contributed by atoms with Crippen LogP contribution in [0.3, 0.4) is 0 Å². The van der Waals surface area contributed by atoms with Gasteiger partial charge in [0.25, 0.3) is 5.91 Å². The minimum Gasteiger partial charge on any atom is -0.484 e. The van der Waals surface area contributed by atoms with Crippen LogP contribution in [0.2, 0.25) is 0 Å². The number of anilines is 2. The Bertz CT molecular complexity index is 851. The van der Waals surface area contributed by atoms with Crippen molar-refractivity contribution in [2.24, 2.45) is 0 Å². The van der Waals surface area contributed by atoms with E-state index in [2.05, 4.69) is 22.3 Å². The third kappa shape index (κ3) is 5.64. The maximum Gasteiger partial charge on any atom is 0.262 e. The molecule has 2 aliphatic rings. The van der Waals surface area contributed by atoms with E-state index in [1.807, 2.05) is 35.7 Å². The van der Waals surface area contributed by atoms with E-state index in [1.165, 1.54) is 42.0 Å². The van der Waals surface area contributed by atoms with E-state index in [-0.39, 0.29) is 18.3 Å². The molecule has 160 valence electrons. The number of hydrogen-bond acceptors (Lipinski definition) is 5. The van der Waals surface area contributed by atoms with Gasteiger partial charge in [0.2, 0.25) is 0 Å². The Hall–Kier alpha value is -1.86. The summed E-state index contributed by atoms with van der Waals surface area (Å²) in [5.41, 5.74) is 2.66. The highest BCUT2D eigenvalue weighted by Crippen LogP contribution is 2.43. The van der Waals surface area contributed by atoms with E-state index >= 15 is 0 Å². The van der Waals surface area contributed by atoms with E-state index in [1.54, 1.807) is 6.07 Å². The molecular formula is C23H27FN2O2S2. The number of benzene rings is 2. The summed E-state index contributed by atoms with van der Waals surface area (Å²) in [6, 6.07) is 12.6. The summed E-state index contributed by atoms with van der Waals surface area (Å²) >= 11 is 3.96. The van der Waals surface area contributed by atoms with Crippen LogP contribution in [0.5, 0.6) is 5.75 Å². The summed E-state index contributed by atoms with van der Waals surface area (Å²) < 4.78 is 20.0. The lowest BCUT2D eigenvalue weighted by Gasteiger charge is -2.30. The molecule has 30 heavy (non-hydrogen) atoms. The van der Waals surface area contributed by atoms with Crippen LogP contribution in [0.15, 0.2) is 42.5 Å². The van der Waals surface area contributed by atoms with Crippen molar-refractivity contribution < 1.29 is 13.9 Å². The molecule has 2 aromatic carbocycles. The number of ether oxygens (including phenoxy) is 1. The predicted octanol–water partition coefficient (Wildman–Crippen LogP) is 5.70. The smallest absolute Gasteiger partial charge is 0.262 e. The number of carbonyl (C=O) groups is 1. The average Bonchev–Trinajstić information content (AvgIpc) is 2.79. The van der Waals surface area contributed by atoms with Crippen LogP contribution in [0.4, 0.5) is 15.8 Å². The molecule has 0 aromatic heterocycles. The van der Waals surface area contributed by atoms with Crippen molar-refractivity contribution in [1.82, 2.24) is 0 Å². The zero-order valence-corrected chi connectivity index (χ0v) is 18.6. The Balaban J connectivity index is 1.34. The van der Waals surface area contributed by atoms with Crippen molar-refractivity contribution in [2.45, 2.75) is 30.3 Å². The van der Waals surface area contributed by atoms with Crippen LogP contribution >= 0.6 is 23.5 Å². The second-order valence-electron chi connectivity index (χ2n) is 7.54. The first kappa shape index (κ1) is 21.4. The standard InChI is InChI=1S/C23H27FN2O2S2/c24-18-7-10-21(26-11-2-1-3-12-26)20(15-18)25-22(27)16-28-19-8-5-17(6-9-19)23-29-13-4-14-30-23/h5-10,15,23H,1-4,11-14,16H2,(H,25,27). The number of hydrogen-bond donors (Lipinski definition) is 1. The topological polar surface area (TPSA) is 41.6 Å². The molecule has 0 aliphatic carbocycles. The number of carbonyl (C=O) groups excluding carboxylic acids is 1. The van der Waals surface area contributed by atoms with Gasteiger partial charge in [-0.1, -0.05) is 12.1 Å². The first-order valence-corrected chi connectivity index (χ1v) is 12.6. The summed E-state index contributed by atoms with van der Waals surface area (Å²) in [5, 5.41) is 2.83. The molecule has 2 saturated heterocycles. The number of nitrogens with one attached hydrogen (secondary N) is 1. The van der Waals surface area contributed by atoms with Crippen molar-refractivity contribution in [1.29, 1.82) is 0 Å². The lowest BCUT2D eigenvalue weighted by Crippen LogP contribution is -2.31. The third-order valence-electron chi connectivity index (χ3n) is 5.28. The highest BCUT2D eigenvalue weighted by molar-refractivity contribution is 8.16. The normalized spacial score (nSPS) is 17.6. The quantitative estimate of drug-likeness (QED) is 0.616. The fourth-order valence-corrected chi connectivity index (χ4v) is 6.65. The molecule has 0 unspecified atom stereocenters. The monoisotopic (exact) mass is 446 g/mol. The molecule has 1 amide bonds. The SMILES string of the molecule is O=C(COc1ccc(C2SCCCS2)cc1)Nc1cc(F)ccc1N1CCCCC1. The highest BCUT2D eigenvalue weighted by Gasteiger charge is 2.18. The molecule has 1 N–H and O–H groups in total. The van der Waals surface area contributed by atoms with Gasteiger partial charge in [0.15, 0.2) is 6.61 Å². The van der Waals surface area contributed by atoms with Crippen LogP contribution in [0, 0.1) is 5.82 Å². The molecular weight excluding hydrogens is 419 g/mol. The molecule has 0 atom stereocenters. The van der Waals surface area contributed by atoms with Gasteiger partial charge in [0.05, 0.1) is 16.0 Å². The summed E-state index contributed by atoms with van der Waals surface area (Å²) in [6.45, 7) is 1.74. The molecule has 4 nitrogen and oxygen atoms in total. The average molecular weight is 447 g/mol. The molecule has 0 bridgehead atoms. The van der Waals surface area contributed by atoms with Gasteiger partial charge in [-0.2, -0.15) is 0 Å². The maximum atomic E-state index is 13.8. The Kier molecular flexibility index (Phi) is 7.44. The van der Waals surface area contributed by atoms with Gasteiger partial charge < -0.3 is 15.0 Å². The van der Waals surface area contributed by atoms with E-state index in [0.29, 0.717) is 16.0 Å². The number of thioether (sulfide) groups is 2. The first-order chi connectivity index (χ1) is 14.7. The molecule has 2 aromatic rings. The highest BCUT2D eigenvalue weighted by atomic mass is 32.2. The Morgan fingerprint density at radius 2 is 1.77 bits per heavy atom. The van der Waals surface area contributed by atoms with Crippen molar-refractivity contribution in [3.63, 3.8) is 0 Å². The van der Waals surface area contributed by atoms with Gasteiger partial charge in [0.1, 0.15) is 11.6 Å². The number of nitrogens with zero attached hydrogens (tertiary/aromatic N) is 1. The molecule has 2 heterocycles. The second-order valence-corrected chi connectivity index (χ2v) is 10.3. The second kappa shape index (κ2) is 10.4. The van der Waals surface area contributed by atoms with Crippen molar-refractivity contribution in [3.05, 3.63) is 53.8 Å². The minimum atomic E-state index is -0.360. The van der Waals surface area contributed by atoms with Gasteiger partial charge >= 0.3 is 0 Å². The van der Waals surface area contributed by atoms with Crippen LogP contribution < -0.4 is 15.0 Å². The molecule has 2 aliphatic heterocycles. The van der Waals surface area contributed by atoms with E-state index in [9.17, 15) is 9.18 Å². The summed E-state index contributed by atoms with van der Waals surface area (Å²) in [4.78, 5) is 14.7.